The average molecular weight is 520 g/mol. The van der Waals surface area contributed by atoms with Gasteiger partial charge in [-0.25, -0.2) is 0 Å². The van der Waals surface area contributed by atoms with Crippen LogP contribution >= 0.6 is 35.0 Å². The van der Waals surface area contributed by atoms with E-state index in [0.29, 0.717) is 0 Å². The summed E-state index contributed by atoms with van der Waals surface area (Å²) in [6.45, 7) is 0. The number of hydrogen-bond acceptors (Lipinski definition) is 3. The van der Waals surface area contributed by atoms with Gasteiger partial charge < -0.3 is 9.80 Å². The maximum atomic E-state index is 6.31. The second-order valence-corrected chi connectivity index (χ2v) is 11.7. The van der Waals surface area contributed by atoms with Crippen LogP contribution in [0.3, 0.4) is 0 Å². The molecular formula is C30H28Cl2N2S. The maximum absolute atomic E-state index is 6.31. The molecule has 35 heavy (non-hydrogen) atoms. The molecule has 0 atom stereocenters. The Kier molecular flexibility index (Phi) is 6.29. The van der Waals surface area contributed by atoms with Gasteiger partial charge in [0.25, 0.3) is 0 Å². The minimum atomic E-state index is -0.318. The number of thioether (sulfide) groups is 1. The van der Waals surface area contributed by atoms with Gasteiger partial charge in [0.15, 0.2) is 0 Å². The van der Waals surface area contributed by atoms with E-state index in [2.05, 4.69) is 111 Å². The average Bonchev–Trinajstić information content (AvgIpc) is 3.57. The van der Waals surface area contributed by atoms with Crippen molar-refractivity contribution in [3.05, 3.63) is 129 Å². The molecule has 2 nitrogen and oxygen atoms in total. The number of anilines is 2. The second-order valence-electron chi connectivity index (χ2n) is 9.36. The molecule has 0 amide bonds. The topological polar surface area (TPSA) is 6.48 Å². The molecule has 4 aromatic carbocycles. The summed E-state index contributed by atoms with van der Waals surface area (Å²) in [5, 5.41) is 1.48. The highest BCUT2D eigenvalue weighted by atomic mass is 35.5. The SMILES string of the molecule is CN(C)c1ccc(C2(c3ccc(N(C)C)cc3)SC2(c2ccc(Cl)cc2)c2ccc(Cl)cc2)cc1. The second kappa shape index (κ2) is 9.13. The van der Waals surface area contributed by atoms with Gasteiger partial charge in [-0.1, -0.05) is 71.7 Å². The highest BCUT2D eigenvalue weighted by Crippen LogP contribution is 2.81. The van der Waals surface area contributed by atoms with Gasteiger partial charge in [0, 0.05) is 49.6 Å². The zero-order chi connectivity index (χ0) is 24.8. The van der Waals surface area contributed by atoms with Gasteiger partial charge >= 0.3 is 0 Å². The standard InChI is InChI=1S/C30H28Cl2N2S/c1-33(2)27-17-9-23(10-18-27)30(24-11-19-28(20-12-24)34(3)4)29(35-30,21-5-13-25(31)14-6-21)22-7-15-26(32)16-8-22/h5-20H,1-4H3. The Morgan fingerprint density at radius 3 is 0.971 bits per heavy atom. The number of hydrogen-bond donors (Lipinski definition) is 0. The zero-order valence-corrected chi connectivity index (χ0v) is 22.6. The summed E-state index contributed by atoms with van der Waals surface area (Å²) in [6, 6.07) is 34.5. The lowest BCUT2D eigenvalue weighted by molar-refractivity contribution is 0.690. The number of benzene rings is 4. The minimum absolute atomic E-state index is 0.301. The molecule has 1 aliphatic heterocycles. The summed E-state index contributed by atoms with van der Waals surface area (Å²) in [7, 11) is 8.29. The van der Waals surface area contributed by atoms with Gasteiger partial charge in [0.05, 0.1) is 9.49 Å². The van der Waals surface area contributed by atoms with E-state index in [1.165, 1.54) is 33.6 Å². The monoisotopic (exact) mass is 518 g/mol. The van der Waals surface area contributed by atoms with Crippen LogP contribution in [0, 0.1) is 0 Å². The van der Waals surface area contributed by atoms with E-state index in [9.17, 15) is 0 Å². The third-order valence-electron chi connectivity index (χ3n) is 6.84. The molecule has 1 fully saturated rings. The van der Waals surface area contributed by atoms with Gasteiger partial charge in [-0.3, -0.25) is 0 Å². The molecule has 0 saturated carbocycles. The molecule has 0 N–H and O–H groups in total. The Bertz CT molecular complexity index is 1220. The Hall–Kier alpha value is -2.59. The lowest BCUT2D eigenvalue weighted by Gasteiger charge is -2.27. The van der Waals surface area contributed by atoms with Crippen molar-refractivity contribution >= 4 is 46.3 Å². The van der Waals surface area contributed by atoms with Crippen molar-refractivity contribution < 1.29 is 0 Å². The fraction of sp³-hybridized carbons (Fsp3) is 0.200. The van der Waals surface area contributed by atoms with Crippen LogP contribution < -0.4 is 9.80 Å². The minimum Gasteiger partial charge on any atom is -0.378 e. The lowest BCUT2D eigenvalue weighted by Crippen LogP contribution is -2.25. The van der Waals surface area contributed by atoms with Crippen molar-refractivity contribution in [1.29, 1.82) is 0 Å². The van der Waals surface area contributed by atoms with E-state index in [1.807, 2.05) is 36.0 Å². The summed E-state index contributed by atoms with van der Waals surface area (Å²) >= 11 is 14.6. The zero-order valence-electron chi connectivity index (χ0n) is 20.3. The number of rotatable bonds is 6. The van der Waals surface area contributed by atoms with E-state index in [1.54, 1.807) is 0 Å². The molecule has 0 unspecified atom stereocenters. The Morgan fingerprint density at radius 2 is 0.714 bits per heavy atom. The van der Waals surface area contributed by atoms with E-state index < -0.39 is 0 Å². The quantitative estimate of drug-likeness (QED) is 0.238. The molecule has 0 bridgehead atoms. The Balaban J connectivity index is 1.76. The lowest BCUT2D eigenvalue weighted by atomic mass is 9.73. The van der Waals surface area contributed by atoms with Gasteiger partial charge in [-0.05, 0) is 70.8 Å². The molecule has 0 spiro atoms. The van der Waals surface area contributed by atoms with Crippen LogP contribution in [-0.4, -0.2) is 28.2 Å². The van der Waals surface area contributed by atoms with Crippen molar-refractivity contribution in [1.82, 2.24) is 0 Å². The van der Waals surface area contributed by atoms with Crippen LogP contribution in [-0.2, 0) is 9.49 Å². The third-order valence-corrected chi connectivity index (χ3v) is 9.31. The first-order chi connectivity index (χ1) is 16.8. The third kappa shape index (κ3) is 4.00. The molecule has 1 heterocycles. The van der Waals surface area contributed by atoms with Crippen LogP contribution in [0.5, 0.6) is 0 Å². The summed E-state index contributed by atoms with van der Waals surface area (Å²) in [5.74, 6) is 0. The van der Waals surface area contributed by atoms with Gasteiger partial charge in [-0.2, -0.15) is 0 Å². The van der Waals surface area contributed by atoms with Crippen LogP contribution in [0.25, 0.3) is 0 Å². The number of nitrogens with zero attached hydrogens (tertiary/aromatic N) is 2. The van der Waals surface area contributed by atoms with Crippen molar-refractivity contribution in [2.45, 2.75) is 9.49 Å². The van der Waals surface area contributed by atoms with Gasteiger partial charge in [-0.15, -0.1) is 11.8 Å². The largest absolute Gasteiger partial charge is 0.378 e. The summed E-state index contributed by atoms with van der Waals surface area (Å²) in [4.78, 5) is 4.27. The van der Waals surface area contributed by atoms with Crippen molar-refractivity contribution in [3.63, 3.8) is 0 Å². The first-order valence-electron chi connectivity index (χ1n) is 11.6. The fourth-order valence-electron chi connectivity index (χ4n) is 4.94. The van der Waals surface area contributed by atoms with Crippen LogP contribution in [0.15, 0.2) is 97.1 Å². The van der Waals surface area contributed by atoms with E-state index in [-0.39, 0.29) is 9.49 Å². The summed E-state index contributed by atoms with van der Waals surface area (Å²) < 4.78 is -0.619. The first kappa shape index (κ1) is 24.1. The normalized spacial score (nSPS) is 15.5. The molecule has 1 aliphatic rings. The van der Waals surface area contributed by atoms with E-state index in [0.717, 1.165) is 10.0 Å². The molecule has 0 radical (unpaired) electrons. The van der Waals surface area contributed by atoms with Gasteiger partial charge in [0.1, 0.15) is 0 Å². The molecule has 1 saturated heterocycles. The number of halogens is 2. The smallest absolute Gasteiger partial charge is 0.0899 e. The van der Waals surface area contributed by atoms with Crippen molar-refractivity contribution in [3.8, 4) is 0 Å². The molecule has 178 valence electrons. The van der Waals surface area contributed by atoms with E-state index >= 15 is 0 Å². The van der Waals surface area contributed by atoms with Crippen molar-refractivity contribution in [2.24, 2.45) is 0 Å². The molecule has 5 heteroatoms. The maximum Gasteiger partial charge on any atom is 0.0899 e. The van der Waals surface area contributed by atoms with Crippen LogP contribution in [0.4, 0.5) is 11.4 Å². The van der Waals surface area contributed by atoms with Crippen LogP contribution in [0.2, 0.25) is 10.0 Å². The van der Waals surface area contributed by atoms with Gasteiger partial charge in [0.2, 0.25) is 0 Å². The predicted molar refractivity (Wildman–Crippen MR) is 154 cm³/mol. The predicted octanol–water partition coefficient (Wildman–Crippen LogP) is 8.06. The van der Waals surface area contributed by atoms with Crippen LogP contribution in [0.1, 0.15) is 22.3 Å². The Morgan fingerprint density at radius 1 is 0.457 bits per heavy atom. The highest BCUT2D eigenvalue weighted by Gasteiger charge is 2.72. The molecule has 0 aromatic heterocycles. The molecule has 4 aromatic rings. The summed E-state index contributed by atoms with van der Waals surface area (Å²) in [6.07, 6.45) is 0. The highest BCUT2D eigenvalue weighted by molar-refractivity contribution is 8.09. The first-order valence-corrected chi connectivity index (χ1v) is 13.1. The van der Waals surface area contributed by atoms with E-state index in [4.69, 9.17) is 23.2 Å². The Labute approximate surface area is 222 Å². The van der Waals surface area contributed by atoms with Crippen molar-refractivity contribution in [2.75, 3.05) is 38.0 Å². The summed E-state index contributed by atoms with van der Waals surface area (Å²) in [5.41, 5.74) is 7.36. The molecule has 0 aliphatic carbocycles. The molecule has 5 rings (SSSR count). The fourth-order valence-corrected chi connectivity index (χ4v) is 7.09. The molecular weight excluding hydrogens is 491 g/mol.